The SMILES string of the molecule is COC(=O)c1cccc(CNCCNc2ccccc2OC(C)C)c1. The van der Waals surface area contributed by atoms with E-state index in [4.69, 9.17) is 9.47 Å². The third kappa shape index (κ3) is 6.12. The Balaban J connectivity index is 1.78. The fourth-order valence-corrected chi connectivity index (χ4v) is 2.41. The minimum absolute atomic E-state index is 0.142. The van der Waals surface area contributed by atoms with Crippen molar-refractivity contribution >= 4 is 11.7 Å². The first-order valence-corrected chi connectivity index (χ1v) is 8.47. The molecule has 2 aromatic carbocycles. The van der Waals surface area contributed by atoms with Crippen LogP contribution in [0.25, 0.3) is 0 Å². The van der Waals surface area contributed by atoms with E-state index in [0.717, 1.165) is 30.1 Å². The molecule has 0 unspecified atom stereocenters. The van der Waals surface area contributed by atoms with Crippen molar-refractivity contribution in [1.29, 1.82) is 0 Å². The number of nitrogens with one attached hydrogen (secondary N) is 2. The molecule has 0 saturated carbocycles. The second-order valence-electron chi connectivity index (χ2n) is 5.96. The largest absolute Gasteiger partial charge is 0.489 e. The van der Waals surface area contributed by atoms with Crippen LogP contribution in [0.15, 0.2) is 48.5 Å². The van der Waals surface area contributed by atoms with Crippen LogP contribution in [0.5, 0.6) is 5.75 Å². The van der Waals surface area contributed by atoms with E-state index in [-0.39, 0.29) is 12.1 Å². The zero-order valence-electron chi connectivity index (χ0n) is 15.0. The molecule has 0 fully saturated rings. The van der Waals surface area contributed by atoms with Crippen LogP contribution < -0.4 is 15.4 Å². The maximum atomic E-state index is 11.5. The van der Waals surface area contributed by atoms with Gasteiger partial charge in [0, 0.05) is 19.6 Å². The number of para-hydroxylation sites is 2. The molecule has 0 spiro atoms. The van der Waals surface area contributed by atoms with Gasteiger partial charge < -0.3 is 20.1 Å². The topological polar surface area (TPSA) is 59.6 Å². The standard InChI is InChI=1S/C20H26N2O3/c1-15(2)25-19-10-5-4-9-18(19)22-12-11-21-14-16-7-6-8-17(13-16)20(23)24-3/h4-10,13,15,21-22H,11-12,14H2,1-3H3. The average molecular weight is 342 g/mol. The highest BCUT2D eigenvalue weighted by Crippen LogP contribution is 2.24. The smallest absolute Gasteiger partial charge is 0.337 e. The Labute approximate surface area is 149 Å². The van der Waals surface area contributed by atoms with E-state index in [0.29, 0.717) is 12.1 Å². The number of anilines is 1. The molecule has 0 saturated heterocycles. The van der Waals surface area contributed by atoms with E-state index < -0.39 is 0 Å². The lowest BCUT2D eigenvalue weighted by Crippen LogP contribution is -2.22. The Morgan fingerprint density at radius 2 is 1.88 bits per heavy atom. The van der Waals surface area contributed by atoms with Crippen LogP contribution in [0, 0.1) is 0 Å². The first-order valence-electron chi connectivity index (χ1n) is 8.47. The lowest BCUT2D eigenvalue weighted by atomic mass is 10.1. The van der Waals surface area contributed by atoms with E-state index in [1.807, 2.05) is 56.3 Å². The molecular formula is C20H26N2O3. The van der Waals surface area contributed by atoms with Gasteiger partial charge in [0.15, 0.2) is 0 Å². The highest BCUT2D eigenvalue weighted by Gasteiger charge is 2.06. The van der Waals surface area contributed by atoms with Crippen molar-refractivity contribution in [3.05, 3.63) is 59.7 Å². The van der Waals surface area contributed by atoms with Gasteiger partial charge in [0.2, 0.25) is 0 Å². The van der Waals surface area contributed by atoms with Crippen molar-refractivity contribution in [3.63, 3.8) is 0 Å². The van der Waals surface area contributed by atoms with Gasteiger partial charge in [-0.15, -0.1) is 0 Å². The summed E-state index contributed by atoms with van der Waals surface area (Å²) in [6.45, 7) is 6.28. The van der Waals surface area contributed by atoms with Crippen molar-refractivity contribution in [2.24, 2.45) is 0 Å². The molecule has 134 valence electrons. The normalized spacial score (nSPS) is 10.6. The predicted octanol–water partition coefficient (Wildman–Crippen LogP) is 3.46. The number of rotatable bonds is 9. The summed E-state index contributed by atoms with van der Waals surface area (Å²) in [7, 11) is 1.39. The lowest BCUT2D eigenvalue weighted by molar-refractivity contribution is 0.0600. The molecular weight excluding hydrogens is 316 g/mol. The molecule has 0 aliphatic rings. The van der Waals surface area contributed by atoms with Crippen molar-refractivity contribution < 1.29 is 14.3 Å². The molecule has 2 rings (SSSR count). The van der Waals surface area contributed by atoms with Crippen molar-refractivity contribution in [1.82, 2.24) is 5.32 Å². The van der Waals surface area contributed by atoms with E-state index in [2.05, 4.69) is 10.6 Å². The third-order valence-electron chi connectivity index (χ3n) is 3.54. The molecule has 5 heteroatoms. The molecule has 5 nitrogen and oxygen atoms in total. The summed E-state index contributed by atoms with van der Waals surface area (Å²) in [5.41, 5.74) is 2.61. The summed E-state index contributed by atoms with van der Waals surface area (Å²) in [5.74, 6) is 0.550. The number of carbonyl (C=O) groups is 1. The maximum absolute atomic E-state index is 11.5. The van der Waals surface area contributed by atoms with Crippen LogP contribution in [0.4, 0.5) is 5.69 Å². The summed E-state index contributed by atoms with van der Waals surface area (Å²) in [6.07, 6.45) is 0.142. The quantitative estimate of drug-likeness (QED) is 0.540. The minimum atomic E-state index is -0.315. The lowest BCUT2D eigenvalue weighted by Gasteiger charge is -2.15. The number of benzene rings is 2. The number of hydrogen-bond acceptors (Lipinski definition) is 5. The third-order valence-corrected chi connectivity index (χ3v) is 3.54. The molecule has 0 amide bonds. The zero-order chi connectivity index (χ0) is 18.1. The Bertz CT molecular complexity index is 686. The second kappa shape index (κ2) is 9.69. The van der Waals surface area contributed by atoms with Crippen LogP contribution in [0.1, 0.15) is 29.8 Å². The Morgan fingerprint density at radius 1 is 1.08 bits per heavy atom. The van der Waals surface area contributed by atoms with Crippen LogP contribution in [-0.4, -0.2) is 32.3 Å². The maximum Gasteiger partial charge on any atom is 0.337 e. The molecule has 2 N–H and O–H groups in total. The Hall–Kier alpha value is -2.53. The van der Waals surface area contributed by atoms with Crippen molar-refractivity contribution in [2.75, 3.05) is 25.5 Å². The summed E-state index contributed by atoms with van der Waals surface area (Å²) in [6, 6.07) is 15.4. The molecule has 0 heterocycles. The number of ether oxygens (including phenoxy) is 2. The Kier molecular flexibility index (Phi) is 7.29. The molecule has 0 aliphatic heterocycles. The van der Waals surface area contributed by atoms with Crippen molar-refractivity contribution in [3.8, 4) is 5.75 Å². The number of esters is 1. The van der Waals surface area contributed by atoms with Crippen LogP contribution in [-0.2, 0) is 11.3 Å². The molecule has 0 bridgehead atoms. The molecule has 25 heavy (non-hydrogen) atoms. The van der Waals surface area contributed by atoms with E-state index in [1.165, 1.54) is 7.11 Å². The highest BCUT2D eigenvalue weighted by atomic mass is 16.5. The van der Waals surface area contributed by atoms with Gasteiger partial charge in [-0.05, 0) is 43.7 Å². The van der Waals surface area contributed by atoms with Gasteiger partial charge in [0.25, 0.3) is 0 Å². The summed E-state index contributed by atoms with van der Waals surface area (Å²) in [5, 5.41) is 6.74. The molecule has 0 aliphatic carbocycles. The van der Waals surface area contributed by atoms with Crippen LogP contribution >= 0.6 is 0 Å². The van der Waals surface area contributed by atoms with E-state index >= 15 is 0 Å². The van der Waals surface area contributed by atoms with Gasteiger partial charge in [-0.1, -0.05) is 24.3 Å². The van der Waals surface area contributed by atoms with Crippen molar-refractivity contribution in [2.45, 2.75) is 26.5 Å². The molecule has 2 aromatic rings. The van der Waals surface area contributed by atoms with Crippen LogP contribution in [0.3, 0.4) is 0 Å². The van der Waals surface area contributed by atoms with Gasteiger partial charge in [0.1, 0.15) is 5.75 Å². The minimum Gasteiger partial charge on any atom is -0.489 e. The molecule has 0 radical (unpaired) electrons. The van der Waals surface area contributed by atoms with Gasteiger partial charge >= 0.3 is 5.97 Å². The zero-order valence-corrected chi connectivity index (χ0v) is 15.0. The van der Waals surface area contributed by atoms with Gasteiger partial charge in [-0.25, -0.2) is 4.79 Å². The number of carbonyl (C=O) groups excluding carboxylic acids is 1. The highest BCUT2D eigenvalue weighted by molar-refractivity contribution is 5.89. The average Bonchev–Trinajstić information content (AvgIpc) is 2.62. The fourth-order valence-electron chi connectivity index (χ4n) is 2.41. The molecule has 0 atom stereocenters. The monoisotopic (exact) mass is 342 g/mol. The summed E-state index contributed by atoms with van der Waals surface area (Å²) in [4.78, 5) is 11.5. The van der Waals surface area contributed by atoms with Gasteiger partial charge in [-0.2, -0.15) is 0 Å². The van der Waals surface area contributed by atoms with Crippen LogP contribution in [0.2, 0.25) is 0 Å². The fraction of sp³-hybridized carbons (Fsp3) is 0.350. The van der Waals surface area contributed by atoms with Gasteiger partial charge in [-0.3, -0.25) is 0 Å². The summed E-state index contributed by atoms with van der Waals surface area (Å²) < 4.78 is 10.5. The summed E-state index contributed by atoms with van der Waals surface area (Å²) >= 11 is 0. The predicted molar refractivity (Wildman–Crippen MR) is 100 cm³/mol. The van der Waals surface area contributed by atoms with E-state index in [9.17, 15) is 4.79 Å². The first kappa shape index (κ1) is 18.8. The number of hydrogen-bond donors (Lipinski definition) is 2. The van der Waals surface area contributed by atoms with Gasteiger partial charge in [0.05, 0.1) is 24.5 Å². The van der Waals surface area contributed by atoms with E-state index in [1.54, 1.807) is 6.07 Å². The second-order valence-corrected chi connectivity index (χ2v) is 5.96. The molecule has 0 aromatic heterocycles. The Morgan fingerprint density at radius 3 is 2.64 bits per heavy atom. The number of methoxy groups -OCH3 is 1. The first-order chi connectivity index (χ1) is 12.1.